The molecule has 1 amide bonds. The van der Waals surface area contributed by atoms with Gasteiger partial charge in [0.05, 0.1) is 28.7 Å². The quantitative estimate of drug-likeness (QED) is 0.302. The van der Waals surface area contributed by atoms with Crippen molar-refractivity contribution in [1.29, 1.82) is 5.26 Å². The molecule has 0 aliphatic heterocycles. The van der Waals surface area contributed by atoms with Gasteiger partial charge in [-0.2, -0.15) is 23.5 Å². The maximum absolute atomic E-state index is 13.2. The summed E-state index contributed by atoms with van der Waals surface area (Å²) in [6, 6.07) is 19.9. The van der Waals surface area contributed by atoms with Crippen molar-refractivity contribution in [2.75, 3.05) is 5.06 Å². The number of halogens is 3. The predicted molar refractivity (Wildman–Crippen MR) is 132 cm³/mol. The van der Waals surface area contributed by atoms with Gasteiger partial charge in [-0.25, -0.2) is 14.3 Å². The van der Waals surface area contributed by atoms with Crippen LogP contribution >= 0.6 is 0 Å². The van der Waals surface area contributed by atoms with Crippen LogP contribution in [0.25, 0.3) is 28.2 Å². The molecule has 0 atom stereocenters. The molecule has 0 unspecified atom stereocenters. The van der Waals surface area contributed by atoms with Crippen LogP contribution < -0.4 is 5.06 Å². The van der Waals surface area contributed by atoms with Crippen LogP contribution in [0.3, 0.4) is 0 Å². The summed E-state index contributed by atoms with van der Waals surface area (Å²) in [6.45, 7) is 0. The molecular formula is C27H15F3N6O3. The van der Waals surface area contributed by atoms with Crippen molar-refractivity contribution >= 4 is 23.2 Å². The lowest BCUT2D eigenvalue weighted by Crippen LogP contribution is -2.38. The van der Waals surface area contributed by atoms with Crippen molar-refractivity contribution in [1.82, 2.24) is 19.6 Å². The van der Waals surface area contributed by atoms with E-state index in [2.05, 4.69) is 19.9 Å². The van der Waals surface area contributed by atoms with Crippen LogP contribution in [0, 0.1) is 11.3 Å². The minimum Gasteiger partial charge on any atom is -0.324 e. The lowest BCUT2D eigenvalue weighted by molar-refractivity contribution is -0.199. The first kappa shape index (κ1) is 25.1. The molecule has 0 aliphatic rings. The number of carbonyl (C=O) groups excluding carboxylic acids is 2. The number of nitrogens with zero attached hydrogens (tertiary/aromatic N) is 6. The number of hydroxylamine groups is 1. The number of fused-ring (bicyclic) bond motifs is 1. The van der Waals surface area contributed by atoms with E-state index in [9.17, 15) is 22.8 Å². The second-order valence-corrected chi connectivity index (χ2v) is 8.08. The Hall–Kier alpha value is -5.57. The number of anilines is 1. The molecule has 0 bridgehead atoms. The molecule has 12 heteroatoms. The predicted octanol–water partition coefficient (Wildman–Crippen LogP) is 5.00. The van der Waals surface area contributed by atoms with E-state index in [-0.39, 0.29) is 21.9 Å². The van der Waals surface area contributed by atoms with Gasteiger partial charge in [-0.05, 0) is 48.5 Å². The third-order valence-electron chi connectivity index (χ3n) is 5.54. The summed E-state index contributed by atoms with van der Waals surface area (Å²) in [7, 11) is 0. The molecular weight excluding hydrogens is 513 g/mol. The number of nitriles is 1. The number of rotatable bonds is 4. The number of pyridine rings is 1. The number of amides is 1. The van der Waals surface area contributed by atoms with Crippen molar-refractivity contribution in [3.8, 4) is 28.6 Å². The Morgan fingerprint density at radius 3 is 2.44 bits per heavy atom. The zero-order valence-electron chi connectivity index (χ0n) is 19.7. The molecule has 5 aromatic rings. The topological polar surface area (TPSA) is 113 Å². The third-order valence-corrected chi connectivity index (χ3v) is 5.54. The number of hydrogen-bond donors (Lipinski definition) is 0. The van der Waals surface area contributed by atoms with Crippen LogP contribution in [0.5, 0.6) is 0 Å². The largest absolute Gasteiger partial charge is 0.493 e. The molecule has 39 heavy (non-hydrogen) atoms. The summed E-state index contributed by atoms with van der Waals surface area (Å²) in [5.74, 6) is -3.67. The standard InChI is InChI=1S/C27H15F3N6O3/c28-27(29,30)26(38)39-36(25(37)20-5-1-3-17(13-20)16-31)21-6-2-4-19(14-21)23-9-12-33-24-15-22(34-35(23)24)18-7-10-32-11-8-18/h1-15H. The smallest absolute Gasteiger partial charge is 0.324 e. The van der Waals surface area contributed by atoms with Gasteiger partial charge in [0.15, 0.2) is 5.65 Å². The molecule has 0 radical (unpaired) electrons. The van der Waals surface area contributed by atoms with Gasteiger partial charge >= 0.3 is 12.1 Å². The van der Waals surface area contributed by atoms with Crippen LogP contribution in [-0.2, 0) is 9.63 Å². The minimum atomic E-state index is -5.36. The molecule has 2 aromatic carbocycles. The fourth-order valence-electron chi connectivity index (χ4n) is 3.75. The van der Waals surface area contributed by atoms with Crippen molar-refractivity contribution < 1.29 is 27.6 Å². The Labute approximate surface area is 218 Å². The Morgan fingerprint density at radius 2 is 1.69 bits per heavy atom. The van der Waals surface area contributed by atoms with E-state index in [1.54, 1.807) is 47.2 Å². The highest BCUT2D eigenvalue weighted by atomic mass is 19.4. The molecule has 0 fully saturated rings. The fourth-order valence-corrected chi connectivity index (χ4v) is 3.75. The van der Waals surface area contributed by atoms with Crippen molar-refractivity contribution in [2.45, 2.75) is 6.18 Å². The van der Waals surface area contributed by atoms with Gasteiger partial charge in [0, 0.05) is 41.3 Å². The monoisotopic (exact) mass is 528 g/mol. The average molecular weight is 528 g/mol. The van der Waals surface area contributed by atoms with E-state index in [4.69, 9.17) is 5.26 Å². The second kappa shape index (κ2) is 10.1. The molecule has 5 rings (SSSR count). The number of hydrogen-bond acceptors (Lipinski definition) is 7. The Balaban J connectivity index is 1.58. The zero-order valence-corrected chi connectivity index (χ0v) is 19.7. The molecule has 0 saturated heterocycles. The zero-order chi connectivity index (χ0) is 27.6. The Morgan fingerprint density at radius 1 is 0.923 bits per heavy atom. The first-order valence-corrected chi connectivity index (χ1v) is 11.2. The van der Waals surface area contributed by atoms with Crippen LogP contribution in [-0.4, -0.2) is 37.6 Å². The third kappa shape index (κ3) is 5.14. The summed E-state index contributed by atoms with van der Waals surface area (Å²) >= 11 is 0. The SMILES string of the molecule is N#Cc1cccc(C(=O)N(OC(=O)C(F)(F)F)c2cccc(-c3ccnc4cc(-c5ccncc5)nn34)c2)c1. The van der Waals surface area contributed by atoms with Crippen molar-refractivity contribution in [3.05, 3.63) is 103 Å². The number of benzene rings is 2. The summed E-state index contributed by atoms with van der Waals surface area (Å²) in [5.41, 5.74) is 2.62. The summed E-state index contributed by atoms with van der Waals surface area (Å²) in [5, 5.41) is 14.0. The molecule has 3 heterocycles. The lowest BCUT2D eigenvalue weighted by atomic mass is 10.1. The maximum atomic E-state index is 13.2. The number of aromatic nitrogens is 4. The minimum absolute atomic E-state index is 0.0968. The van der Waals surface area contributed by atoms with Crippen molar-refractivity contribution in [2.24, 2.45) is 0 Å². The van der Waals surface area contributed by atoms with Gasteiger partial charge in [-0.1, -0.05) is 18.2 Å². The fraction of sp³-hybridized carbons (Fsp3) is 0.0370. The van der Waals surface area contributed by atoms with Gasteiger partial charge < -0.3 is 4.84 Å². The normalized spacial score (nSPS) is 11.1. The van der Waals surface area contributed by atoms with Crippen LogP contribution in [0.15, 0.2) is 91.4 Å². The van der Waals surface area contributed by atoms with E-state index in [0.29, 0.717) is 22.6 Å². The van der Waals surface area contributed by atoms with E-state index in [1.807, 2.05) is 6.07 Å². The van der Waals surface area contributed by atoms with Crippen molar-refractivity contribution in [3.63, 3.8) is 0 Å². The van der Waals surface area contributed by atoms with E-state index in [0.717, 1.165) is 5.56 Å². The molecule has 0 aliphatic carbocycles. The summed E-state index contributed by atoms with van der Waals surface area (Å²) < 4.78 is 40.8. The Bertz CT molecular complexity index is 1750. The number of carbonyl (C=O) groups is 2. The summed E-state index contributed by atoms with van der Waals surface area (Å²) in [4.78, 5) is 37.8. The van der Waals surface area contributed by atoms with E-state index >= 15 is 0 Å². The molecule has 0 saturated carbocycles. The van der Waals surface area contributed by atoms with E-state index < -0.39 is 18.1 Å². The van der Waals surface area contributed by atoms with Crippen LogP contribution in [0.4, 0.5) is 18.9 Å². The molecule has 0 spiro atoms. The highest BCUT2D eigenvalue weighted by Gasteiger charge is 2.44. The average Bonchev–Trinajstić information content (AvgIpc) is 3.40. The van der Waals surface area contributed by atoms with Gasteiger partial charge in [0.2, 0.25) is 0 Å². The Kier molecular flexibility index (Phi) is 6.47. The first-order chi connectivity index (χ1) is 18.7. The first-order valence-electron chi connectivity index (χ1n) is 11.2. The molecule has 192 valence electrons. The highest BCUT2D eigenvalue weighted by Crippen LogP contribution is 2.29. The van der Waals surface area contributed by atoms with Gasteiger partial charge in [-0.3, -0.25) is 9.78 Å². The summed E-state index contributed by atoms with van der Waals surface area (Å²) in [6.07, 6.45) is -0.579. The van der Waals surface area contributed by atoms with Crippen LogP contribution in [0.1, 0.15) is 15.9 Å². The number of alkyl halides is 3. The molecule has 3 aromatic heterocycles. The van der Waals surface area contributed by atoms with E-state index in [1.165, 1.54) is 48.7 Å². The van der Waals surface area contributed by atoms with Gasteiger partial charge in [0.1, 0.15) is 0 Å². The second-order valence-electron chi connectivity index (χ2n) is 8.08. The highest BCUT2D eigenvalue weighted by molar-refractivity contribution is 6.06. The van der Waals surface area contributed by atoms with Gasteiger partial charge in [0.25, 0.3) is 5.91 Å². The lowest BCUT2D eigenvalue weighted by Gasteiger charge is -2.22. The van der Waals surface area contributed by atoms with Gasteiger partial charge in [-0.15, -0.1) is 5.06 Å². The maximum Gasteiger partial charge on any atom is 0.493 e. The molecule has 0 N–H and O–H groups in total. The van der Waals surface area contributed by atoms with Crippen LogP contribution in [0.2, 0.25) is 0 Å². The molecule has 9 nitrogen and oxygen atoms in total.